The molecule has 0 aliphatic rings. The fourth-order valence-corrected chi connectivity index (χ4v) is 2.44. The number of aliphatic hydroxyl groups excluding tert-OH is 1. The summed E-state index contributed by atoms with van der Waals surface area (Å²) in [7, 11) is 3.10. The Labute approximate surface area is 165 Å². The second-order valence-corrected chi connectivity index (χ2v) is 6.25. The van der Waals surface area contributed by atoms with Crippen molar-refractivity contribution in [1.82, 2.24) is 0 Å². The van der Waals surface area contributed by atoms with E-state index in [1.807, 2.05) is 12.1 Å². The third kappa shape index (κ3) is 7.28. The maximum Gasteiger partial charge on any atom is 0.337 e. The number of aliphatic carboxylic acids is 2. The van der Waals surface area contributed by atoms with Gasteiger partial charge in [0, 0.05) is 10.9 Å². The summed E-state index contributed by atoms with van der Waals surface area (Å²) < 4.78 is 11.1. The summed E-state index contributed by atoms with van der Waals surface area (Å²) in [5.41, 5.74) is 1.23. The fraction of sp³-hybridized carbons (Fsp3) is 0.263. The molecule has 0 saturated carbocycles. The lowest BCUT2D eigenvalue weighted by Gasteiger charge is -2.11. The van der Waals surface area contributed by atoms with Crippen LogP contribution in [-0.4, -0.2) is 41.5 Å². The smallest absolute Gasteiger partial charge is 0.337 e. The Morgan fingerprint density at radius 3 is 2.15 bits per heavy atom. The number of carboxylic acid groups (broad SMARTS) is 2. The minimum absolute atomic E-state index is 0.0868. The number of carbonyl (C=O) groups is 2. The number of halogens is 1. The van der Waals surface area contributed by atoms with Gasteiger partial charge >= 0.3 is 11.9 Å². The molecule has 27 heavy (non-hydrogen) atoms. The van der Waals surface area contributed by atoms with E-state index >= 15 is 0 Å². The molecule has 0 fully saturated rings. The van der Waals surface area contributed by atoms with Crippen LogP contribution in [0, 0.1) is 0 Å². The van der Waals surface area contributed by atoms with E-state index in [1.165, 1.54) is 0 Å². The van der Waals surface area contributed by atoms with E-state index in [-0.39, 0.29) is 6.42 Å². The molecule has 0 bridgehead atoms. The Bertz CT molecular complexity index is 759. The predicted octanol–water partition coefficient (Wildman–Crippen LogP) is 3.29. The summed E-state index contributed by atoms with van der Waals surface area (Å²) in [5.74, 6) is -0.821. The first kappa shape index (κ1) is 22.5. The van der Waals surface area contributed by atoms with Crippen molar-refractivity contribution in [3.8, 4) is 11.5 Å². The Hall–Kier alpha value is -2.58. The lowest BCUT2D eigenvalue weighted by Crippen LogP contribution is -2.09. The third-order valence-electron chi connectivity index (χ3n) is 3.51. The van der Waals surface area contributed by atoms with E-state index in [0.29, 0.717) is 23.5 Å². The van der Waals surface area contributed by atoms with Gasteiger partial charge in [-0.05, 0) is 35.7 Å². The van der Waals surface area contributed by atoms with Crippen LogP contribution >= 0.6 is 15.9 Å². The van der Waals surface area contributed by atoms with E-state index < -0.39 is 18.0 Å². The Morgan fingerprint density at radius 1 is 1.04 bits per heavy atom. The number of hydrogen-bond donors (Lipinski definition) is 3. The van der Waals surface area contributed by atoms with Crippen molar-refractivity contribution in [3.63, 3.8) is 0 Å². The summed E-state index contributed by atoms with van der Waals surface area (Å²) in [6, 6.07) is 11.9. The minimum Gasteiger partial charge on any atom is -0.493 e. The maximum atomic E-state index is 10.5. The molecule has 0 amide bonds. The van der Waals surface area contributed by atoms with Crippen molar-refractivity contribution in [2.45, 2.75) is 18.9 Å². The lowest BCUT2D eigenvalue weighted by atomic mass is 10.1. The van der Waals surface area contributed by atoms with Gasteiger partial charge in [0.05, 0.1) is 14.2 Å². The van der Waals surface area contributed by atoms with Crippen LogP contribution < -0.4 is 9.47 Å². The number of para-hydroxylation sites is 1. The standard InChI is InChI=1S/C11H14O4.C8H7BrO3/c1-14-9-5-3-4-8(11(9)15-2)6-7-10(12)13;9-6-3-1-5(2-4-6)7(10)8(11)12/h3-5H,6-7H2,1-2H3,(H,12,13);1-4,7,10H,(H,11,12). The largest absolute Gasteiger partial charge is 0.493 e. The second-order valence-electron chi connectivity index (χ2n) is 5.34. The first-order valence-electron chi connectivity index (χ1n) is 7.88. The molecule has 1 atom stereocenters. The summed E-state index contributed by atoms with van der Waals surface area (Å²) >= 11 is 3.20. The molecule has 3 N–H and O–H groups in total. The molecule has 0 aliphatic heterocycles. The highest BCUT2D eigenvalue weighted by Gasteiger charge is 2.14. The molecule has 0 radical (unpaired) electrons. The molecule has 2 rings (SSSR count). The molecule has 146 valence electrons. The molecule has 8 heteroatoms. The monoisotopic (exact) mass is 440 g/mol. The normalized spacial score (nSPS) is 11.0. The van der Waals surface area contributed by atoms with E-state index in [4.69, 9.17) is 24.8 Å². The average Bonchev–Trinajstić information content (AvgIpc) is 2.66. The Balaban J connectivity index is 0.000000277. The van der Waals surface area contributed by atoms with Crippen molar-refractivity contribution in [2.24, 2.45) is 0 Å². The number of methoxy groups -OCH3 is 2. The van der Waals surface area contributed by atoms with Crippen LogP contribution in [0.4, 0.5) is 0 Å². The average molecular weight is 441 g/mol. The minimum atomic E-state index is -1.43. The third-order valence-corrected chi connectivity index (χ3v) is 4.04. The van der Waals surface area contributed by atoms with Crippen molar-refractivity contribution in [3.05, 3.63) is 58.1 Å². The van der Waals surface area contributed by atoms with Crippen LogP contribution in [-0.2, 0) is 16.0 Å². The zero-order valence-electron chi connectivity index (χ0n) is 14.9. The van der Waals surface area contributed by atoms with Crippen LogP contribution in [0.3, 0.4) is 0 Å². The SMILES string of the molecule is COc1cccc(CCC(=O)O)c1OC.O=C(O)C(O)c1ccc(Br)cc1. The highest BCUT2D eigenvalue weighted by atomic mass is 79.9. The number of ether oxygens (including phenoxy) is 2. The van der Waals surface area contributed by atoms with Gasteiger partial charge in [-0.25, -0.2) is 4.79 Å². The molecule has 0 spiro atoms. The topological polar surface area (TPSA) is 113 Å². The fourth-order valence-electron chi connectivity index (χ4n) is 2.18. The van der Waals surface area contributed by atoms with Crippen LogP contribution in [0.25, 0.3) is 0 Å². The van der Waals surface area contributed by atoms with Crippen LogP contribution in [0.1, 0.15) is 23.7 Å². The van der Waals surface area contributed by atoms with Gasteiger partial charge in [-0.3, -0.25) is 4.79 Å². The van der Waals surface area contributed by atoms with Crippen molar-refractivity contribution < 1.29 is 34.4 Å². The van der Waals surface area contributed by atoms with E-state index in [1.54, 1.807) is 44.6 Å². The van der Waals surface area contributed by atoms with Crippen molar-refractivity contribution >= 4 is 27.9 Å². The Morgan fingerprint density at radius 2 is 1.67 bits per heavy atom. The second kappa shape index (κ2) is 11.2. The number of rotatable bonds is 7. The van der Waals surface area contributed by atoms with Crippen LogP contribution in [0.5, 0.6) is 11.5 Å². The molecule has 2 aromatic carbocycles. The molecule has 2 aromatic rings. The lowest BCUT2D eigenvalue weighted by molar-refractivity contribution is -0.147. The summed E-state index contributed by atoms with van der Waals surface area (Å²) in [6.45, 7) is 0. The van der Waals surface area contributed by atoms with Gasteiger partial charge in [0.25, 0.3) is 0 Å². The first-order valence-corrected chi connectivity index (χ1v) is 8.67. The molecular weight excluding hydrogens is 420 g/mol. The molecule has 0 saturated heterocycles. The quantitative estimate of drug-likeness (QED) is 0.604. The zero-order valence-corrected chi connectivity index (χ0v) is 16.5. The number of benzene rings is 2. The molecule has 0 heterocycles. The maximum absolute atomic E-state index is 10.5. The van der Waals surface area contributed by atoms with Gasteiger partial charge in [0.1, 0.15) is 0 Å². The van der Waals surface area contributed by atoms with Gasteiger partial charge in [0.15, 0.2) is 17.6 Å². The van der Waals surface area contributed by atoms with Gasteiger partial charge in [-0.2, -0.15) is 0 Å². The Kier molecular flexibility index (Phi) is 9.32. The molecule has 0 aliphatic carbocycles. The van der Waals surface area contributed by atoms with E-state index in [9.17, 15) is 9.59 Å². The van der Waals surface area contributed by atoms with Crippen molar-refractivity contribution in [2.75, 3.05) is 14.2 Å². The number of aryl methyl sites for hydroxylation is 1. The van der Waals surface area contributed by atoms with Crippen LogP contribution in [0.15, 0.2) is 46.9 Å². The molecule has 7 nitrogen and oxygen atoms in total. The van der Waals surface area contributed by atoms with E-state index in [0.717, 1.165) is 10.0 Å². The molecule has 0 aromatic heterocycles. The highest BCUT2D eigenvalue weighted by Crippen LogP contribution is 2.31. The van der Waals surface area contributed by atoms with E-state index in [2.05, 4.69) is 15.9 Å². The van der Waals surface area contributed by atoms with Gasteiger partial charge < -0.3 is 24.8 Å². The number of aliphatic hydroxyl groups is 1. The van der Waals surface area contributed by atoms with Crippen molar-refractivity contribution in [1.29, 1.82) is 0 Å². The van der Waals surface area contributed by atoms with Gasteiger partial charge in [-0.1, -0.05) is 40.2 Å². The van der Waals surface area contributed by atoms with Gasteiger partial charge in [-0.15, -0.1) is 0 Å². The molecule has 1 unspecified atom stereocenters. The van der Waals surface area contributed by atoms with Gasteiger partial charge in [0.2, 0.25) is 0 Å². The zero-order chi connectivity index (χ0) is 20.4. The van der Waals surface area contributed by atoms with Crippen LogP contribution in [0.2, 0.25) is 0 Å². The predicted molar refractivity (Wildman–Crippen MR) is 102 cm³/mol. The number of carboxylic acids is 2. The molecular formula is C19H21BrO7. The number of hydrogen-bond acceptors (Lipinski definition) is 5. The summed E-state index contributed by atoms with van der Waals surface area (Å²) in [5, 5.41) is 26.1. The first-order chi connectivity index (χ1) is 12.8. The highest BCUT2D eigenvalue weighted by molar-refractivity contribution is 9.10. The summed E-state index contributed by atoms with van der Waals surface area (Å²) in [4.78, 5) is 20.8. The summed E-state index contributed by atoms with van der Waals surface area (Å²) in [6.07, 6.45) is -0.905.